The van der Waals surface area contributed by atoms with Gasteiger partial charge in [-0.3, -0.25) is 0 Å². The van der Waals surface area contributed by atoms with Crippen LogP contribution in [0, 0.1) is 11.3 Å². The first kappa shape index (κ1) is 26.5. The van der Waals surface area contributed by atoms with E-state index < -0.39 is 23.8 Å². The Balaban J connectivity index is 2.14. The summed E-state index contributed by atoms with van der Waals surface area (Å²) >= 11 is 1.45. The molecule has 33 heavy (non-hydrogen) atoms. The molecule has 0 heterocycles. The number of hydrogen-bond donors (Lipinski definition) is 2. The molecule has 0 fully saturated rings. The largest absolute Gasteiger partial charge is 0.497 e. The molecule has 0 unspecified atom stereocenters. The number of carbonyl (C=O) groups excluding carboxylic acids is 1. The van der Waals surface area contributed by atoms with Gasteiger partial charge >= 0.3 is 6.09 Å². The fraction of sp³-hybridized carbons (Fsp3) is 0.440. The monoisotopic (exact) mass is 471 g/mol. The summed E-state index contributed by atoms with van der Waals surface area (Å²) in [5, 5.41) is 23.0. The van der Waals surface area contributed by atoms with Crippen LogP contribution in [0.25, 0.3) is 0 Å². The van der Waals surface area contributed by atoms with Gasteiger partial charge in [0.2, 0.25) is 0 Å². The fourth-order valence-corrected chi connectivity index (χ4v) is 4.05. The Hall–Kier alpha value is -2.73. The summed E-state index contributed by atoms with van der Waals surface area (Å²) < 4.78 is 12.5. The molecule has 0 saturated heterocycles. The predicted octanol–water partition coefficient (Wildman–Crippen LogP) is 4.41. The number of ether oxygens (including phenoxy) is 2. The topological polar surface area (TPSA) is 94.8 Å². The lowest BCUT2D eigenvalue weighted by Crippen LogP contribution is -2.50. The summed E-state index contributed by atoms with van der Waals surface area (Å²) in [6.07, 6.45) is -0.699. The zero-order valence-corrected chi connectivity index (χ0v) is 20.5. The molecule has 2 aromatic rings. The van der Waals surface area contributed by atoms with Crippen molar-refractivity contribution in [2.75, 3.05) is 20.2 Å². The summed E-state index contributed by atoms with van der Waals surface area (Å²) in [5.74, 6) is 0.757. The van der Waals surface area contributed by atoms with Gasteiger partial charge in [0, 0.05) is 24.4 Å². The molecule has 8 heteroatoms. The van der Waals surface area contributed by atoms with Crippen molar-refractivity contribution in [1.82, 2.24) is 9.62 Å². The van der Waals surface area contributed by atoms with Crippen molar-refractivity contribution < 1.29 is 19.4 Å². The zero-order valence-electron chi connectivity index (χ0n) is 19.7. The first-order chi connectivity index (χ1) is 15.7. The van der Waals surface area contributed by atoms with Crippen molar-refractivity contribution in [3.63, 3.8) is 0 Å². The maximum absolute atomic E-state index is 12.5. The zero-order chi connectivity index (χ0) is 24.3. The van der Waals surface area contributed by atoms with Gasteiger partial charge in [0.15, 0.2) is 0 Å². The highest BCUT2D eigenvalue weighted by atomic mass is 32.2. The van der Waals surface area contributed by atoms with Crippen LogP contribution < -0.4 is 10.1 Å². The van der Waals surface area contributed by atoms with Gasteiger partial charge in [-0.25, -0.2) is 9.10 Å². The van der Waals surface area contributed by atoms with E-state index in [1.807, 2.05) is 58.9 Å². The number of methoxy groups -OCH3 is 1. The second-order valence-corrected chi connectivity index (χ2v) is 9.74. The molecular formula is C25H33N3O4S. The van der Waals surface area contributed by atoms with Gasteiger partial charge in [-0.15, -0.1) is 0 Å². The molecule has 2 aromatic carbocycles. The van der Waals surface area contributed by atoms with Gasteiger partial charge in [-0.05, 0) is 69.0 Å². The molecular weight excluding hydrogens is 438 g/mol. The number of nitrogens with zero attached hydrogens (tertiary/aromatic N) is 2. The normalized spacial score (nSPS) is 13.1. The molecule has 0 bridgehead atoms. The molecule has 0 radical (unpaired) electrons. The van der Waals surface area contributed by atoms with Crippen molar-refractivity contribution in [2.45, 2.75) is 56.3 Å². The van der Waals surface area contributed by atoms with Crippen molar-refractivity contribution in [2.24, 2.45) is 0 Å². The number of rotatable bonds is 11. The number of carbonyl (C=O) groups is 1. The van der Waals surface area contributed by atoms with Crippen LogP contribution in [0.5, 0.6) is 5.75 Å². The first-order valence-electron chi connectivity index (χ1n) is 10.9. The maximum atomic E-state index is 12.5. The van der Waals surface area contributed by atoms with E-state index >= 15 is 0 Å². The molecule has 2 rings (SSSR count). The van der Waals surface area contributed by atoms with Crippen molar-refractivity contribution in [3.8, 4) is 11.8 Å². The molecule has 0 spiro atoms. The van der Waals surface area contributed by atoms with Crippen LogP contribution in [0.15, 0.2) is 59.5 Å². The van der Waals surface area contributed by atoms with E-state index in [9.17, 15) is 9.90 Å². The highest BCUT2D eigenvalue weighted by molar-refractivity contribution is 7.97. The Bertz CT molecular complexity index is 895. The summed E-state index contributed by atoms with van der Waals surface area (Å²) in [6.45, 7) is 6.11. The van der Waals surface area contributed by atoms with Crippen LogP contribution in [0.1, 0.15) is 32.8 Å². The third kappa shape index (κ3) is 10.2. The number of nitriles is 1. The average molecular weight is 472 g/mol. The molecule has 0 aliphatic carbocycles. The molecule has 178 valence electrons. The number of alkyl carbamates (subject to hydrolysis) is 1. The standard InChI is InChI=1S/C25H33N3O4S/c1-25(2,3)32-24(30)27-22(17-19-9-6-5-7-10-19)23(29)18-28(16-8-15-26)33-21-13-11-20(31-4)12-14-21/h5-7,9-14,22-23,29H,8,16-18H2,1-4H3,(H,27,30)/t22-,23+/m0/s1. The predicted molar refractivity (Wildman–Crippen MR) is 130 cm³/mol. The van der Waals surface area contributed by atoms with E-state index in [-0.39, 0.29) is 6.54 Å². The van der Waals surface area contributed by atoms with E-state index in [2.05, 4.69) is 11.4 Å². The second kappa shape index (κ2) is 13.1. The summed E-state index contributed by atoms with van der Waals surface area (Å²) in [7, 11) is 1.61. The van der Waals surface area contributed by atoms with Gasteiger partial charge in [0.05, 0.1) is 25.3 Å². The van der Waals surface area contributed by atoms with E-state index in [1.165, 1.54) is 11.9 Å². The lowest BCUT2D eigenvalue weighted by atomic mass is 10.0. The lowest BCUT2D eigenvalue weighted by Gasteiger charge is -2.30. The molecule has 2 N–H and O–H groups in total. The Kier molecular flexibility index (Phi) is 10.5. The average Bonchev–Trinajstić information content (AvgIpc) is 2.77. The van der Waals surface area contributed by atoms with Gasteiger partial charge in [-0.1, -0.05) is 30.3 Å². The maximum Gasteiger partial charge on any atom is 0.407 e. The third-order valence-corrected chi connectivity index (χ3v) is 5.70. The van der Waals surface area contributed by atoms with Crippen LogP contribution in [0.4, 0.5) is 4.79 Å². The van der Waals surface area contributed by atoms with Crippen molar-refractivity contribution >= 4 is 18.0 Å². The second-order valence-electron chi connectivity index (χ2n) is 8.57. The molecule has 2 atom stereocenters. The quantitative estimate of drug-likeness (QED) is 0.469. The number of nitrogens with one attached hydrogen (secondary N) is 1. The summed E-state index contributed by atoms with van der Waals surface area (Å²) in [6, 6.07) is 18.8. The van der Waals surface area contributed by atoms with Gasteiger partial charge in [-0.2, -0.15) is 5.26 Å². The number of benzene rings is 2. The highest BCUT2D eigenvalue weighted by Gasteiger charge is 2.27. The molecule has 0 saturated carbocycles. The smallest absolute Gasteiger partial charge is 0.407 e. The van der Waals surface area contributed by atoms with Crippen LogP contribution in [-0.4, -0.2) is 53.5 Å². The van der Waals surface area contributed by atoms with E-state index in [0.717, 1.165) is 16.2 Å². The Morgan fingerprint density at radius 2 is 1.85 bits per heavy atom. The minimum absolute atomic E-state index is 0.256. The lowest BCUT2D eigenvalue weighted by molar-refractivity contribution is 0.0405. The first-order valence-corrected chi connectivity index (χ1v) is 11.6. The molecule has 0 aromatic heterocycles. The Morgan fingerprint density at radius 3 is 2.42 bits per heavy atom. The summed E-state index contributed by atoms with van der Waals surface area (Å²) in [4.78, 5) is 13.4. The van der Waals surface area contributed by atoms with Crippen LogP contribution in [0.2, 0.25) is 0 Å². The Morgan fingerprint density at radius 1 is 1.18 bits per heavy atom. The van der Waals surface area contributed by atoms with E-state index in [4.69, 9.17) is 14.7 Å². The molecule has 0 aliphatic heterocycles. The SMILES string of the molecule is COc1ccc(SN(CCC#N)C[C@@H](O)[C@H](Cc2ccccc2)NC(=O)OC(C)(C)C)cc1. The Labute approximate surface area is 200 Å². The van der Waals surface area contributed by atoms with Crippen molar-refractivity contribution in [1.29, 1.82) is 5.26 Å². The molecule has 7 nitrogen and oxygen atoms in total. The van der Waals surface area contributed by atoms with Gasteiger partial charge in [0.1, 0.15) is 11.4 Å². The fourth-order valence-electron chi connectivity index (χ4n) is 3.08. The van der Waals surface area contributed by atoms with Gasteiger partial charge in [0.25, 0.3) is 0 Å². The number of hydrogen-bond acceptors (Lipinski definition) is 7. The van der Waals surface area contributed by atoms with E-state index in [1.54, 1.807) is 27.9 Å². The minimum Gasteiger partial charge on any atom is -0.497 e. The van der Waals surface area contributed by atoms with Crippen LogP contribution in [-0.2, 0) is 11.2 Å². The van der Waals surface area contributed by atoms with Crippen LogP contribution in [0.3, 0.4) is 0 Å². The highest BCUT2D eigenvalue weighted by Crippen LogP contribution is 2.26. The minimum atomic E-state index is -0.887. The summed E-state index contributed by atoms with van der Waals surface area (Å²) in [5.41, 5.74) is 0.346. The number of aliphatic hydroxyl groups excluding tert-OH is 1. The number of aliphatic hydroxyl groups is 1. The third-order valence-electron chi connectivity index (χ3n) is 4.62. The number of amides is 1. The van der Waals surface area contributed by atoms with E-state index in [0.29, 0.717) is 19.4 Å². The van der Waals surface area contributed by atoms with Crippen molar-refractivity contribution in [3.05, 3.63) is 60.2 Å². The van der Waals surface area contributed by atoms with Gasteiger partial charge < -0.3 is 19.9 Å². The molecule has 1 amide bonds. The van der Waals surface area contributed by atoms with Crippen LogP contribution >= 0.6 is 11.9 Å². The molecule has 0 aliphatic rings.